The van der Waals surface area contributed by atoms with Crippen LogP contribution in [0, 0.1) is 0 Å². The van der Waals surface area contributed by atoms with Crippen molar-refractivity contribution in [1.29, 1.82) is 0 Å². The Hall–Kier alpha value is -2.35. The number of methoxy groups -OCH3 is 1. The molecular weight excluding hydrogens is 272 g/mol. The second kappa shape index (κ2) is 7.08. The Morgan fingerprint density at radius 3 is 2.09 bits per heavy atom. The van der Waals surface area contributed by atoms with Gasteiger partial charge in [0, 0.05) is 0 Å². The highest BCUT2D eigenvalue weighted by Crippen LogP contribution is 2.38. The van der Waals surface area contributed by atoms with E-state index in [1.807, 2.05) is 67.6 Å². The predicted molar refractivity (Wildman–Crippen MR) is 90.5 cm³/mol. The second-order valence-electron chi connectivity index (χ2n) is 5.44. The number of allylic oxidation sites excluding steroid dienone is 1. The Morgan fingerprint density at radius 1 is 1.05 bits per heavy atom. The Labute approximate surface area is 132 Å². The molecule has 2 aromatic carbocycles. The first-order valence-electron chi connectivity index (χ1n) is 7.51. The third kappa shape index (κ3) is 3.11. The minimum absolute atomic E-state index is 0.210. The van der Waals surface area contributed by atoms with E-state index in [2.05, 4.69) is 6.58 Å². The van der Waals surface area contributed by atoms with Gasteiger partial charge in [-0.1, -0.05) is 74.2 Å². The van der Waals surface area contributed by atoms with Gasteiger partial charge in [0.05, 0.1) is 12.5 Å². The van der Waals surface area contributed by atoms with Gasteiger partial charge in [0.25, 0.3) is 0 Å². The Balaban J connectivity index is 2.41. The summed E-state index contributed by atoms with van der Waals surface area (Å²) in [4.78, 5) is 12.6. The van der Waals surface area contributed by atoms with Gasteiger partial charge >= 0.3 is 5.97 Å². The maximum absolute atomic E-state index is 12.6. The fourth-order valence-corrected chi connectivity index (χ4v) is 2.86. The maximum atomic E-state index is 12.6. The molecule has 1 atom stereocenters. The summed E-state index contributed by atoms with van der Waals surface area (Å²) in [5.41, 5.74) is 2.28. The topological polar surface area (TPSA) is 26.3 Å². The molecule has 0 aliphatic carbocycles. The molecule has 0 bridgehead atoms. The van der Waals surface area contributed by atoms with Crippen LogP contribution < -0.4 is 0 Å². The molecule has 2 rings (SSSR count). The summed E-state index contributed by atoms with van der Waals surface area (Å²) in [5, 5.41) is 0. The number of hydrogen-bond acceptors (Lipinski definition) is 2. The molecular formula is C20H22O2. The number of carbonyl (C=O) groups is 1. The van der Waals surface area contributed by atoms with Crippen molar-refractivity contribution < 1.29 is 9.53 Å². The van der Waals surface area contributed by atoms with E-state index in [1.54, 1.807) is 0 Å². The standard InChI is InChI=1S/C20H22O2/c1-4-20(19(21)22-3,18-13-9-6-10-14-18)15-16(2)17-11-7-5-8-12-17/h5-14H,2,4,15H2,1,3H3. The molecule has 1 unspecified atom stereocenters. The highest BCUT2D eigenvalue weighted by molar-refractivity contribution is 5.86. The fourth-order valence-electron chi connectivity index (χ4n) is 2.86. The number of ether oxygens (including phenoxy) is 1. The second-order valence-corrected chi connectivity index (χ2v) is 5.44. The fraction of sp³-hybridized carbons (Fsp3) is 0.250. The van der Waals surface area contributed by atoms with Crippen LogP contribution in [0.2, 0.25) is 0 Å². The van der Waals surface area contributed by atoms with Crippen molar-refractivity contribution in [2.24, 2.45) is 0 Å². The van der Waals surface area contributed by atoms with Gasteiger partial charge in [-0.25, -0.2) is 0 Å². The van der Waals surface area contributed by atoms with Crippen LogP contribution in [0.4, 0.5) is 0 Å². The van der Waals surface area contributed by atoms with Gasteiger partial charge in [0.1, 0.15) is 0 Å². The van der Waals surface area contributed by atoms with E-state index in [-0.39, 0.29) is 5.97 Å². The van der Waals surface area contributed by atoms with E-state index in [0.717, 1.165) is 16.7 Å². The lowest BCUT2D eigenvalue weighted by Gasteiger charge is -2.31. The van der Waals surface area contributed by atoms with Crippen LogP contribution in [-0.4, -0.2) is 13.1 Å². The summed E-state index contributed by atoms with van der Waals surface area (Å²) >= 11 is 0. The Bertz CT molecular complexity index is 631. The van der Waals surface area contributed by atoms with Crippen LogP contribution in [-0.2, 0) is 14.9 Å². The Morgan fingerprint density at radius 2 is 1.59 bits per heavy atom. The van der Waals surface area contributed by atoms with Gasteiger partial charge in [-0.3, -0.25) is 4.79 Å². The number of esters is 1. The molecule has 0 aliphatic heterocycles. The highest BCUT2D eigenvalue weighted by Gasteiger charge is 2.40. The smallest absolute Gasteiger partial charge is 0.316 e. The van der Waals surface area contributed by atoms with Crippen molar-refractivity contribution in [2.45, 2.75) is 25.2 Å². The summed E-state index contributed by atoms with van der Waals surface area (Å²) in [7, 11) is 1.45. The van der Waals surface area contributed by atoms with Crippen LogP contribution in [0.15, 0.2) is 67.2 Å². The maximum Gasteiger partial charge on any atom is 0.316 e. The molecule has 0 aliphatic rings. The summed E-state index contributed by atoms with van der Waals surface area (Å²) < 4.78 is 5.12. The van der Waals surface area contributed by atoms with E-state index in [4.69, 9.17) is 4.74 Å². The van der Waals surface area contributed by atoms with Crippen molar-refractivity contribution in [3.05, 3.63) is 78.4 Å². The van der Waals surface area contributed by atoms with Gasteiger partial charge in [0.2, 0.25) is 0 Å². The lowest BCUT2D eigenvalue weighted by molar-refractivity contribution is -0.147. The molecule has 0 saturated carbocycles. The summed E-state index contributed by atoms with van der Waals surface area (Å²) in [6.45, 7) is 6.21. The number of hydrogen-bond donors (Lipinski definition) is 0. The molecule has 0 heterocycles. The first-order chi connectivity index (χ1) is 10.6. The van der Waals surface area contributed by atoms with Crippen LogP contribution in [0.5, 0.6) is 0 Å². The number of benzene rings is 2. The van der Waals surface area contributed by atoms with Crippen LogP contribution in [0.3, 0.4) is 0 Å². The summed E-state index contributed by atoms with van der Waals surface area (Å²) in [6, 6.07) is 19.8. The van der Waals surface area contributed by atoms with Crippen LogP contribution >= 0.6 is 0 Å². The van der Waals surface area contributed by atoms with E-state index < -0.39 is 5.41 Å². The van der Waals surface area contributed by atoms with Gasteiger partial charge in [0.15, 0.2) is 0 Å². The van der Waals surface area contributed by atoms with Crippen molar-refractivity contribution in [3.63, 3.8) is 0 Å². The molecule has 0 aromatic heterocycles. The quantitative estimate of drug-likeness (QED) is 0.727. The molecule has 2 nitrogen and oxygen atoms in total. The van der Waals surface area contributed by atoms with Crippen molar-refractivity contribution in [1.82, 2.24) is 0 Å². The summed E-state index contributed by atoms with van der Waals surface area (Å²) in [5.74, 6) is -0.210. The van der Waals surface area contributed by atoms with Crippen LogP contribution in [0.25, 0.3) is 5.57 Å². The van der Waals surface area contributed by atoms with Gasteiger partial charge in [-0.15, -0.1) is 0 Å². The zero-order valence-corrected chi connectivity index (χ0v) is 13.2. The Kier molecular flexibility index (Phi) is 5.16. The number of carbonyl (C=O) groups excluding carboxylic acids is 1. The van der Waals surface area contributed by atoms with Gasteiger partial charge < -0.3 is 4.74 Å². The average Bonchev–Trinajstić information content (AvgIpc) is 2.60. The zero-order chi connectivity index (χ0) is 16.0. The molecule has 0 fully saturated rings. The van der Waals surface area contributed by atoms with Crippen molar-refractivity contribution >= 4 is 11.5 Å². The lowest BCUT2D eigenvalue weighted by Crippen LogP contribution is -2.36. The van der Waals surface area contributed by atoms with E-state index in [0.29, 0.717) is 12.8 Å². The highest BCUT2D eigenvalue weighted by atomic mass is 16.5. The lowest BCUT2D eigenvalue weighted by atomic mass is 9.72. The SMILES string of the molecule is C=C(CC(CC)(C(=O)OC)c1ccccc1)c1ccccc1. The zero-order valence-electron chi connectivity index (χ0n) is 13.2. The van der Waals surface area contributed by atoms with Crippen molar-refractivity contribution in [2.75, 3.05) is 7.11 Å². The molecule has 0 N–H and O–H groups in total. The van der Waals surface area contributed by atoms with Crippen molar-refractivity contribution in [3.8, 4) is 0 Å². The van der Waals surface area contributed by atoms with E-state index >= 15 is 0 Å². The first-order valence-corrected chi connectivity index (χ1v) is 7.51. The molecule has 0 spiro atoms. The molecule has 0 radical (unpaired) electrons. The molecule has 2 aromatic rings. The molecule has 22 heavy (non-hydrogen) atoms. The van der Waals surface area contributed by atoms with E-state index in [1.165, 1.54) is 7.11 Å². The van der Waals surface area contributed by atoms with Gasteiger partial charge in [-0.2, -0.15) is 0 Å². The summed E-state index contributed by atoms with van der Waals surface area (Å²) in [6.07, 6.45) is 1.21. The third-order valence-electron chi connectivity index (χ3n) is 4.20. The average molecular weight is 294 g/mol. The molecule has 2 heteroatoms. The third-order valence-corrected chi connectivity index (χ3v) is 4.20. The monoisotopic (exact) mass is 294 g/mol. The largest absolute Gasteiger partial charge is 0.468 e. The minimum atomic E-state index is -0.692. The van der Waals surface area contributed by atoms with Gasteiger partial charge in [-0.05, 0) is 29.5 Å². The minimum Gasteiger partial charge on any atom is -0.468 e. The number of rotatable bonds is 6. The molecule has 0 amide bonds. The predicted octanol–water partition coefficient (Wildman–Crippen LogP) is 4.61. The normalized spacial score (nSPS) is 13.2. The van der Waals surface area contributed by atoms with Crippen LogP contribution in [0.1, 0.15) is 30.9 Å². The van der Waals surface area contributed by atoms with E-state index in [9.17, 15) is 4.79 Å². The molecule has 0 saturated heterocycles. The first kappa shape index (κ1) is 16.0. The molecule has 114 valence electrons.